The van der Waals surface area contributed by atoms with Crippen LogP contribution in [0, 0.1) is 0 Å². The number of anilines is 2. The van der Waals surface area contributed by atoms with Crippen LogP contribution in [0.1, 0.15) is 0 Å². The minimum atomic E-state index is 0.528. The van der Waals surface area contributed by atoms with Gasteiger partial charge < -0.3 is 39.9 Å². The van der Waals surface area contributed by atoms with Gasteiger partial charge in [0.05, 0.1) is 0 Å². The van der Waals surface area contributed by atoms with Crippen molar-refractivity contribution in [1.82, 2.24) is 0 Å². The fraction of sp³-hybridized carbons (Fsp3) is 0. The predicted molar refractivity (Wildman–Crippen MR) is 194 cm³/mol. The molecule has 0 saturated heterocycles. The van der Waals surface area contributed by atoms with Crippen LogP contribution in [0.4, 0.5) is 11.4 Å². The fourth-order valence-corrected chi connectivity index (χ4v) is 4.98. The Balaban J connectivity index is 1.01. The van der Waals surface area contributed by atoms with Crippen LogP contribution >= 0.6 is 0 Å². The Bertz CT molecular complexity index is 2080. The third-order valence-corrected chi connectivity index (χ3v) is 7.19. The van der Waals surface area contributed by atoms with Crippen molar-refractivity contribution in [3.63, 3.8) is 0 Å². The van der Waals surface area contributed by atoms with Gasteiger partial charge in [0.25, 0.3) is 0 Å². The second-order valence-corrected chi connectivity index (χ2v) is 11.1. The van der Waals surface area contributed by atoms with Gasteiger partial charge in [0.1, 0.15) is 57.5 Å². The molecule has 0 amide bonds. The van der Waals surface area contributed by atoms with Crippen molar-refractivity contribution in [1.29, 1.82) is 0 Å². The second-order valence-electron chi connectivity index (χ2n) is 11.1. The van der Waals surface area contributed by atoms with Crippen molar-refractivity contribution >= 4 is 11.4 Å². The molecule has 50 heavy (non-hydrogen) atoms. The summed E-state index contributed by atoms with van der Waals surface area (Å²) in [6.45, 7) is 0. The summed E-state index contributed by atoms with van der Waals surface area (Å²) in [5.41, 5.74) is 13.0. The predicted octanol–water partition coefficient (Wildman–Crippen LogP) is 11.6. The largest absolute Gasteiger partial charge is 0.457 e. The lowest BCUT2D eigenvalue weighted by molar-refractivity contribution is 0.412. The Morgan fingerprint density at radius 2 is 0.480 bits per heavy atom. The molecule has 0 atom stereocenters. The lowest BCUT2D eigenvalue weighted by Crippen LogP contribution is -1.92. The molecular weight excluding hydrogens is 628 g/mol. The molecule has 4 N–H and O–H groups in total. The van der Waals surface area contributed by atoms with Gasteiger partial charge in [0.2, 0.25) is 0 Å². The van der Waals surface area contributed by atoms with Crippen molar-refractivity contribution in [3.05, 3.63) is 170 Å². The van der Waals surface area contributed by atoms with Gasteiger partial charge in [0, 0.05) is 47.8 Å². The molecule has 7 aromatic rings. The average molecular weight is 661 g/mol. The maximum atomic E-state index is 6.27. The van der Waals surface area contributed by atoms with E-state index in [1.54, 1.807) is 24.3 Å². The highest BCUT2D eigenvalue weighted by molar-refractivity contribution is 5.50. The minimum absolute atomic E-state index is 0.528. The van der Waals surface area contributed by atoms with E-state index >= 15 is 0 Å². The van der Waals surface area contributed by atoms with Crippen molar-refractivity contribution in [3.8, 4) is 69.0 Å². The molecule has 0 saturated carbocycles. The first-order valence-electron chi connectivity index (χ1n) is 15.8. The molecule has 0 heterocycles. The third-order valence-electron chi connectivity index (χ3n) is 7.19. The third kappa shape index (κ3) is 8.44. The summed E-state index contributed by atoms with van der Waals surface area (Å²) in [5.74, 6) is 7.13. The number of rotatable bonds is 12. The minimum Gasteiger partial charge on any atom is -0.457 e. The van der Waals surface area contributed by atoms with E-state index in [0.717, 1.165) is 0 Å². The second kappa shape index (κ2) is 14.8. The van der Waals surface area contributed by atoms with E-state index in [-0.39, 0.29) is 0 Å². The highest BCUT2D eigenvalue weighted by Gasteiger charge is 2.11. The molecule has 0 spiro atoms. The number of hydrogen-bond acceptors (Lipinski definition) is 8. The molecule has 8 nitrogen and oxygen atoms in total. The van der Waals surface area contributed by atoms with Crippen LogP contribution in [0.5, 0.6) is 69.0 Å². The summed E-state index contributed by atoms with van der Waals surface area (Å²) < 4.78 is 36.7. The summed E-state index contributed by atoms with van der Waals surface area (Å²) in [4.78, 5) is 0. The molecule has 0 aliphatic heterocycles. The average Bonchev–Trinajstić information content (AvgIpc) is 3.10. The van der Waals surface area contributed by atoms with Gasteiger partial charge >= 0.3 is 0 Å². The summed E-state index contributed by atoms with van der Waals surface area (Å²) in [6.07, 6.45) is 0. The van der Waals surface area contributed by atoms with Gasteiger partial charge in [-0.25, -0.2) is 0 Å². The Hall–Kier alpha value is -7.06. The number of nitrogen functional groups attached to an aromatic ring is 2. The van der Waals surface area contributed by atoms with Crippen LogP contribution in [-0.2, 0) is 0 Å². The first-order chi connectivity index (χ1) is 24.5. The van der Waals surface area contributed by atoms with Crippen molar-refractivity contribution in [2.45, 2.75) is 0 Å². The van der Waals surface area contributed by atoms with E-state index in [2.05, 4.69) is 0 Å². The number of para-hydroxylation sites is 2. The maximum absolute atomic E-state index is 6.27. The van der Waals surface area contributed by atoms with E-state index in [0.29, 0.717) is 80.4 Å². The molecule has 7 aromatic carbocycles. The van der Waals surface area contributed by atoms with E-state index < -0.39 is 0 Å². The molecule has 0 aromatic heterocycles. The first-order valence-corrected chi connectivity index (χ1v) is 15.8. The Morgan fingerprint density at radius 3 is 0.760 bits per heavy atom. The monoisotopic (exact) mass is 660 g/mol. The fourth-order valence-electron chi connectivity index (χ4n) is 4.98. The quantitative estimate of drug-likeness (QED) is 0.125. The van der Waals surface area contributed by atoms with Gasteiger partial charge in [-0.2, -0.15) is 0 Å². The normalized spacial score (nSPS) is 10.6. The molecule has 246 valence electrons. The molecule has 7 rings (SSSR count). The van der Waals surface area contributed by atoms with Gasteiger partial charge in [-0.05, 0) is 84.9 Å². The zero-order chi connectivity index (χ0) is 34.1. The van der Waals surface area contributed by atoms with Crippen LogP contribution < -0.4 is 39.9 Å². The lowest BCUT2D eigenvalue weighted by Gasteiger charge is -2.14. The zero-order valence-corrected chi connectivity index (χ0v) is 26.8. The van der Waals surface area contributed by atoms with Crippen molar-refractivity contribution in [2.24, 2.45) is 0 Å². The highest BCUT2D eigenvalue weighted by Crippen LogP contribution is 2.38. The molecule has 0 radical (unpaired) electrons. The summed E-state index contributed by atoms with van der Waals surface area (Å²) in [7, 11) is 0. The Kier molecular flexibility index (Phi) is 9.33. The van der Waals surface area contributed by atoms with E-state index in [1.165, 1.54) is 0 Å². The van der Waals surface area contributed by atoms with E-state index in [9.17, 15) is 0 Å². The number of benzene rings is 7. The van der Waals surface area contributed by atoms with Crippen LogP contribution in [0.25, 0.3) is 0 Å². The van der Waals surface area contributed by atoms with Gasteiger partial charge in [-0.1, -0.05) is 48.5 Å². The SMILES string of the molecule is Nc1cccc(Oc2cccc(Oc3cccc(Oc4ccccc4Oc4cccc(Oc5cccc(Oc6cccc(N)c6)c5)c4)c3)c2)c1. The molecule has 8 heteroatoms. The van der Waals surface area contributed by atoms with Gasteiger partial charge in [-0.3, -0.25) is 0 Å². The highest BCUT2D eigenvalue weighted by atomic mass is 16.5. The number of hydrogen-bond donors (Lipinski definition) is 2. The standard InChI is InChI=1S/C42H32N2O6/c43-29-9-3-11-31(23-29)45-33-13-5-15-35(25-33)47-37-17-7-19-39(27-37)49-41-21-1-2-22-42(41)50-40-20-8-18-38(28-40)48-36-16-6-14-34(26-36)46-32-12-4-10-30(44)24-32/h1-28H,43-44H2. The summed E-state index contributed by atoms with van der Waals surface area (Å²) in [6, 6.07) is 51.4. The van der Waals surface area contributed by atoms with Crippen LogP contribution in [0.3, 0.4) is 0 Å². The Labute approximate surface area is 289 Å². The maximum Gasteiger partial charge on any atom is 0.169 e. The van der Waals surface area contributed by atoms with E-state index in [1.807, 2.05) is 146 Å². The lowest BCUT2D eigenvalue weighted by atomic mass is 10.2. The molecular formula is C42H32N2O6. The Morgan fingerprint density at radius 1 is 0.240 bits per heavy atom. The van der Waals surface area contributed by atoms with Crippen LogP contribution in [0.15, 0.2) is 170 Å². The molecule has 0 aliphatic rings. The van der Waals surface area contributed by atoms with Crippen LogP contribution in [-0.4, -0.2) is 0 Å². The van der Waals surface area contributed by atoms with Gasteiger partial charge in [-0.15, -0.1) is 0 Å². The van der Waals surface area contributed by atoms with Crippen molar-refractivity contribution in [2.75, 3.05) is 11.5 Å². The van der Waals surface area contributed by atoms with Crippen molar-refractivity contribution < 1.29 is 28.4 Å². The smallest absolute Gasteiger partial charge is 0.169 e. The molecule has 0 fully saturated rings. The number of nitrogens with two attached hydrogens (primary N) is 2. The first kappa shape index (κ1) is 31.5. The zero-order valence-electron chi connectivity index (χ0n) is 26.8. The van der Waals surface area contributed by atoms with E-state index in [4.69, 9.17) is 39.9 Å². The summed E-state index contributed by atoms with van der Waals surface area (Å²) in [5, 5.41) is 0. The molecule has 0 unspecified atom stereocenters. The topological polar surface area (TPSA) is 107 Å². The molecule has 0 bridgehead atoms. The van der Waals surface area contributed by atoms with Gasteiger partial charge in [0.15, 0.2) is 11.5 Å². The number of ether oxygens (including phenoxy) is 6. The molecule has 0 aliphatic carbocycles. The summed E-state index contributed by atoms with van der Waals surface area (Å²) >= 11 is 0. The van der Waals surface area contributed by atoms with Crippen LogP contribution in [0.2, 0.25) is 0 Å².